The van der Waals surface area contributed by atoms with Crippen LogP contribution in [0.3, 0.4) is 0 Å². The van der Waals surface area contributed by atoms with E-state index in [9.17, 15) is 14.4 Å². The second-order valence-electron chi connectivity index (χ2n) is 6.70. The third-order valence-corrected chi connectivity index (χ3v) is 4.49. The summed E-state index contributed by atoms with van der Waals surface area (Å²) in [5.41, 5.74) is 7.52. The highest BCUT2D eigenvalue weighted by molar-refractivity contribution is 6.38. The predicted octanol–water partition coefficient (Wildman–Crippen LogP) is 1.35. The number of benzene rings is 2. The summed E-state index contributed by atoms with van der Waals surface area (Å²) in [6.07, 6.45) is 1.63. The molecule has 0 radical (unpaired) electrons. The Morgan fingerprint density at radius 2 is 1.90 bits per heavy atom. The highest BCUT2D eigenvalue weighted by Crippen LogP contribution is 2.23. The van der Waals surface area contributed by atoms with E-state index in [0.29, 0.717) is 16.8 Å². The van der Waals surface area contributed by atoms with Crippen molar-refractivity contribution in [3.63, 3.8) is 0 Å². The number of nitriles is 1. The lowest BCUT2D eigenvalue weighted by atomic mass is 10.0. The normalized spacial score (nSPS) is 11.3. The first-order valence-corrected chi connectivity index (χ1v) is 9.11. The Balaban J connectivity index is 1.92. The molecule has 0 spiro atoms. The largest absolute Gasteiger partial charge is 0.363 e. The average molecular weight is 401 g/mol. The molecular weight excluding hydrogens is 382 g/mol. The van der Waals surface area contributed by atoms with Crippen molar-refractivity contribution in [3.8, 4) is 17.3 Å². The summed E-state index contributed by atoms with van der Waals surface area (Å²) in [5, 5.41) is 16.1. The third kappa shape index (κ3) is 4.59. The van der Waals surface area contributed by atoms with E-state index < -0.39 is 23.6 Å². The van der Waals surface area contributed by atoms with Gasteiger partial charge in [-0.2, -0.15) is 10.4 Å². The number of nitrogens with zero attached hydrogens (tertiary/aromatic N) is 3. The smallest absolute Gasteiger partial charge is 0.287 e. The molecule has 2 aromatic carbocycles. The molecule has 8 heteroatoms. The van der Waals surface area contributed by atoms with E-state index in [1.165, 1.54) is 10.9 Å². The topological polar surface area (TPSA) is 131 Å². The monoisotopic (exact) mass is 401 g/mol. The number of primary amides is 1. The van der Waals surface area contributed by atoms with Crippen LogP contribution in [0.5, 0.6) is 0 Å². The minimum atomic E-state index is -1.12. The minimum Gasteiger partial charge on any atom is -0.363 e. The molecule has 1 atom stereocenters. The molecule has 3 rings (SSSR count). The van der Waals surface area contributed by atoms with Crippen LogP contribution in [0, 0.1) is 11.3 Å². The summed E-state index contributed by atoms with van der Waals surface area (Å²) in [6.45, 7) is 0. The fourth-order valence-electron chi connectivity index (χ4n) is 3.07. The van der Waals surface area contributed by atoms with Gasteiger partial charge >= 0.3 is 0 Å². The molecule has 0 fully saturated rings. The Bertz CT molecular complexity index is 1150. The van der Waals surface area contributed by atoms with Crippen LogP contribution < -0.4 is 11.1 Å². The average Bonchev–Trinajstić information content (AvgIpc) is 3.15. The molecule has 150 valence electrons. The maximum atomic E-state index is 13.0. The zero-order valence-electron chi connectivity index (χ0n) is 16.2. The van der Waals surface area contributed by atoms with E-state index in [1.54, 1.807) is 55.6 Å². The van der Waals surface area contributed by atoms with Gasteiger partial charge in [-0.15, -0.1) is 0 Å². The second-order valence-corrected chi connectivity index (χ2v) is 6.70. The van der Waals surface area contributed by atoms with Crippen molar-refractivity contribution in [1.29, 1.82) is 5.26 Å². The van der Waals surface area contributed by atoms with Gasteiger partial charge in [0.2, 0.25) is 5.78 Å². The number of aromatic nitrogens is 2. The van der Waals surface area contributed by atoms with Gasteiger partial charge in [-0.3, -0.25) is 19.1 Å². The van der Waals surface area contributed by atoms with Gasteiger partial charge in [0.1, 0.15) is 11.7 Å². The summed E-state index contributed by atoms with van der Waals surface area (Å²) in [6, 6.07) is 16.6. The maximum Gasteiger partial charge on any atom is 0.287 e. The van der Waals surface area contributed by atoms with Crippen molar-refractivity contribution in [2.24, 2.45) is 12.8 Å². The molecule has 0 aliphatic rings. The number of nitrogens with two attached hydrogens (primary N) is 1. The van der Waals surface area contributed by atoms with E-state index in [1.807, 2.05) is 12.1 Å². The van der Waals surface area contributed by atoms with Crippen molar-refractivity contribution >= 4 is 17.6 Å². The Labute approximate surface area is 172 Å². The van der Waals surface area contributed by atoms with Crippen LogP contribution in [0.1, 0.15) is 21.5 Å². The van der Waals surface area contributed by atoms with Crippen LogP contribution in [0.4, 0.5) is 0 Å². The number of ketones is 1. The lowest BCUT2D eigenvalue weighted by molar-refractivity contribution is -0.137. The van der Waals surface area contributed by atoms with Crippen molar-refractivity contribution in [2.75, 3.05) is 0 Å². The second kappa shape index (κ2) is 8.84. The molecule has 30 heavy (non-hydrogen) atoms. The van der Waals surface area contributed by atoms with Gasteiger partial charge < -0.3 is 11.1 Å². The van der Waals surface area contributed by atoms with Gasteiger partial charge in [0.05, 0.1) is 17.2 Å². The number of carbonyl (C=O) groups excluding carboxylic acids is 3. The molecule has 0 saturated heterocycles. The van der Waals surface area contributed by atoms with Gasteiger partial charge in [0.25, 0.3) is 11.8 Å². The first kappa shape index (κ1) is 20.5. The van der Waals surface area contributed by atoms with E-state index in [2.05, 4.69) is 10.4 Å². The predicted molar refractivity (Wildman–Crippen MR) is 109 cm³/mol. The molecule has 1 aromatic heterocycles. The number of nitrogens with one attached hydrogen (secondary N) is 1. The Kier molecular flexibility index (Phi) is 6.03. The molecule has 2 amide bonds. The zero-order chi connectivity index (χ0) is 21.7. The first-order chi connectivity index (χ1) is 14.4. The number of Topliss-reactive ketones (excluding diaryl/α,β-unsaturated/α-hetero) is 1. The van der Waals surface area contributed by atoms with E-state index in [0.717, 1.165) is 5.56 Å². The van der Waals surface area contributed by atoms with Crippen LogP contribution in [-0.4, -0.2) is 33.4 Å². The molecule has 3 aromatic rings. The van der Waals surface area contributed by atoms with Crippen molar-refractivity contribution in [2.45, 2.75) is 12.5 Å². The summed E-state index contributed by atoms with van der Waals surface area (Å²) >= 11 is 0. The van der Waals surface area contributed by atoms with Gasteiger partial charge in [-0.05, 0) is 17.7 Å². The summed E-state index contributed by atoms with van der Waals surface area (Å²) in [4.78, 5) is 36.8. The lowest BCUT2D eigenvalue weighted by Crippen LogP contribution is -2.47. The van der Waals surface area contributed by atoms with Gasteiger partial charge in [0.15, 0.2) is 0 Å². The van der Waals surface area contributed by atoms with E-state index in [-0.39, 0.29) is 12.0 Å². The van der Waals surface area contributed by atoms with E-state index in [4.69, 9.17) is 11.0 Å². The number of hydrogen-bond donors (Lipinski definition) is 2. The Morgan fingerprint density at radius 1 is 1.17 bits per heavy atom. The molecule has 0 aliphatic carbocycles. The van der Waals surface area contributed by atoms with Crippen molar-refractivity contribution in [3.05, 3.63) is 77.5 Å². The van der Waals surface area contributed by atoms with Crippen LogP contribution in [0.25, 0.3) is 11.3 Å². The minimum absolute atomic E-state index is 0.119. The fourth-order valence-corrected chi connectivity index (χ4v) is 3.07. The van der Waals surface area contributed by atoms with Crippen LogP contribution in [0.15, 0.2) is 60.8 Å². The summed E-state index contributed by atoms with van der Waals surface area (Å²) in [7, 11) is 1.66. The number of hydrogen-bond acceptors (Lipinski definition) is 5. The first-order valence-electron chi connectivity index (χ1n) is 9.11. The number of carbonyl (C=O) groups is 3. The summed E-state index contributed by atoms with van der Waals surface area (Å²) < 4.78 is 1.46. The molecule has 8 nitrogen and oxygen atoms in total. The van der Waals surface area contributed by atoms with Crippen LogP contribution >= 0.6 is 0 Å². The number of rotatable bonds is 7. The molecule has 0 bridgehead atoms. The number of aryl methyl sites for hydroxylation is 1. The van der Waals surface area contributed by atoms with Crippen molar-refractivity contribution < 1.29 is 14.4 Å². The van der Waals surface area contributed by atoms with Crippen molar-refractivity contribution in [1.82, 2.24) is 15.1 Å². The molecule has 0 saturated carbocycles. The van der Waals surface area contributed by atoms with Gasteiger partial charge in [-0.1, -0.05) is 42.5 Å². The Morgan fingerprint density at radius 3 is 2.57 bits per heavy atom. The van der Waals surface area contributed by atoms with Crippen LogP contribution in [-0.2, 0) is 23.1 Å². The molecule has 1 heterocycles. The molecular formula is C22H19N5O3. The third-order valence-electron chi connectivity index (χ3n) is 4.49. The fraction of sp³-hybridized carbons (Fsp3) is 0.136. The molecule has 3 N–H and O–H groups in total. The molecule has 1 unspecified atom stereocenters. The van der Waals surface area contributed by atoms with Gasteiger partial charge in [-0.25, -0.2) is 0 Å². The zero-order valence-corrected chi connectivity index (χ0v) is 16.2. The standard InChI is InChI=1S/C22H19N5O3/c1-27-13-17(19(26-27)16-9-5-8-15(10-16)12-23)22(30)25-18(20(28)21(24)29)11-14-6-3-2-4-7-14/h2-10,13,18H,11H2,1H3,(H2,24,29)(H,25,30). The number of amides is 2. The maximum absolute atomic E-state index is 13.0. The summed E-state index contributed by atoms with van der Waals surface area (Å²) in [5.74, 6) is -2.58. The quantitative estimate of drug-likeness (QED) is 0.577. The Hall–Kier alpha value is -4.25. The molecule has 0 aliphatic heterocycles. The highest BCUT2D eigenvalue weighted by atomic mass is 16.2. The lowest BCUT2D eigenvalue weighted by Gasteiger charge is -2.16. The highest BCUT2D eigenvalue weighted by Gasteiger charge is 2.27. The van der Waals surface area contributed by atoms with E-state index >= 15 is 0 Å². The van der Waals surface area contributed by atoms with Crippen LogP contribution in [0.2, 0.25) is 0 Å². The van der Waals surface area contributed by atoms with Gasteiger partial charge in [0, 0.05) is 25.2 Å². The SMILES string of the molecule is Cn1cc(C(=O)NC(Cc2ccccc2)C(=O)C(N)=O)c(-c2cccc(C#N)c2)n1.